The number of hydrogen-bond donors (Lipinski definition) is 1. The maximum atomic E-state index is 13.9. The number of aromatic amines is 1. The number of likely N-dealkylation sites (tertiary alicyclic amines) is 1. The molecule has 0 amide bonds. The highest BCUT2D eigenvalue weighted by Gasteiger charge is 2.42. The summed E-state index contributed by atoms with van der Waals surface area (Å²) in [6.07, 6.45) is -0.177. The summed E-state index contributed by atoms with van der Waals surface area (Å²) in [6, 6.07) is 8.69. The number of H-pyrrole nitrogens is 1. The molecule has 2 aliphatic heterocycles. The van der Waals surface area contributed by atoms with Crippen molar-refractivity contribution in [1.29, 1.82) is 0 Å². The number of pyridine rings is 1. The highest BCUT2D eigenvalue weighted by Crippen LogP contribution is 2.40. The van der Waals surface area contributed by atoms with Crippen LogP contribution in [-0.4, -0.2) is 61.1 Å². The van der Waals surface area contributed by atoms with E-state index in [4.69, 9.17) is 4.74 Å². The van der Waals surface area contributed by atoms with E-state index in [0.717, 1.165) is 48.9 Å². The molecule has 6 rings (SSSR count). The molecule has 1 atom stereocenters. The normalized spacial score (nSPS) is 18.8. The van der Waals surface area contributed by atoms with Crippen LogP contribution in [0.4, 0.5) is 13.2 Å². The molecule has 5 heterocycles. The van der Waals surface area contributed by atoms with Crippen molar-refractivity contribution in [2.24, 2.45) is 7.05 Å². The van der Waals surface area contributed by atoms with Gasteiger partial charge in [-0.25, -0.2) is 4.98 Å². The monoisotopic (exact) mass is 511 g/mol. The molecule has 0 saturated carbocycles. The summed E-state index contributed by atoms with van der Waals surface area (Å²) in [7, 11) is 1.90. The first kappa shape index (κ1) is 24.1. The maximum absolute atomic E-state index is 13.9. The Labute approximate surface area is 211 Å². The molecule has 194 valence electrons. The van der Waals surface area contributed by atoms with Crippen LogP contribution < -0.4 is 0 Å². The van der Waals surface area contributed by atoms with Crippen molar-refractivity contribution in [2.75, 3.05) is 26.3 Å². The number of aromatic nitrogens is 6. The summed E-state index contributed by atoms with van der Waals surface area (Å²) < 4.78 is 49.3. The zero-order valence-electron chi connectivity index (χ0n) is 20.7. The fourth-order valence-corrected chi connectivity index (χ4v) is 5.50. The van der Waals surface area contributed by atoms with Gasteiger partial charge in [-0.05, 0) is 50.6 Å². The van der Waals surface area contributed by atoms with Gasteiger partial charge in [-0.15, -0.1) is 10.2 Å². The van der Waals surface area contributed by atoms with E-state index in [-0.39, 0.29) is 11.5 Å². The van der Waals surface area contributed by atoms with Crippen molar-refractivity contribution < 1.29 is 17.9 Å². The molecular formula is C26H28F3N7O. The third-order valence-electron chi connectivity index (χ3n) is 7.76. The SMILES string of the molecule is C[C@@H](c1nc(C(F)(F)F)cc2c(-c3cccc(C4(Cc5nncn5C)COC4)c3)n[nH]c12)N1CCCC1. The molecule has 1 N–H and O–H groups in total. The molecule has 0 radical (unpaired) electrons. The second-order valence-corrected chi connectivity index (χ2v) is 10.2. The molecule has 8 nitrogen and oxygen atoms in total. The van der Waals surface area contributed by atoms with Crippen LogP contribution in [0.5, 0.6) is 0 Å². The predicted octanol–water partition coefficient (Wildman–Crippen LogP) is 4.44. The molecule has 0 spiro atoms. The van der Waals surface area contributed by atoms with Gasteiger partial charge in [0.2, 0.25) is 0 Å². The topological polar surface area (TPSA) is 84.7 Å². The Kier molecular flexibility index (Phi) is 5.79. The van der Waals surface area contributed by atoms with Gasteiger partial charge in [-0.3, -0.25) is 10.00 Å². The van der Waals surface area contributed by atoms with Crippen molar-refractivity contribution in [3.05, 3.63) is 59.4 Å². The molecule has 37 heavy (non-hydrogen) atoms. The first-order valence-electron chi connectivity index (χ1n) is 12.5. The molecule has 1 aromatic carbocycles. The Hall–Kier alpha value is -3.31. The number of benzene rings is 1. The van der Waals surface area contributed by atoms with Crippen molar-refractivity contribution >= 4 is 10.9 Å². The Balaban J connectivity index is 1.44. The van der Waals surface area contributed by atoms with Gasteiger partial charge in [0.25, 0.3) is 0 Å². The third-order valence-corrected chi connectivity index (χ3v) is 7.76. The number of fused-ring (bicyclic) bond motifs is 1. The van der Waals surface area contributed by atoms with Crippen molar-refractivity contribution in [3.63, 3.8) is 0 Å². The molecule has 2 aliphatic rings. The lowest BCUT2D eigenvalue weighted by molar-refractivity contribution is -0.141. The summed E-state index contributed by atoms with van der Waals surface area (Å²) in [5.74, 6) is 0.848. The molecule has 0 aliphatic carbocycles. The van der Waals surface area contributed by atoms with Crippen LogP contribution in [0.3, 0.4) is 0 Å². The summed E-state index contributed by atoms with van der Waals surface area (Å²) in [4.78, 5) is 6.26. The van der Waals surface area contributed by atoms with Gasteiger partial charge in [0, 0.05) is 29.8 Å². The van der Waals surface area contributed by atoms with E-state index < -0.39 is 11.9 Å². The number of alkyl halides is 3. The number of ether oxygens (including phenoxy) is 1. The average molecular weight is 512 g/mol. The lowest BCUT2D eigenvalue weighted by atomic mass is 9.75. The van der Waals surface area contributed by atoms with E-state index in [1.165, 1.54) is 0 Å². The molecular weight excluding hydrogens is 483 g/mol. The van der Waals surface area contributed by atoms with E-state index in [1.54, 1.807) is 6.33 Å². The number of rotatable bonds is 6. The lowest BCUT2D eigenvalue weighted by Gasteiger charge is -2.41. The maximum Gasteiger partial charge on any atom is 0.433 e. The van der Waals surface area contributed by atoms with E-state index in [2.05, 4.69) is 30.3 Å². The van der Waals surface area contributed by atoms with Crippen LogP contribution in [-0.2, 0) is 29.8 Å². The zero-order valence-corrected chi connectivity index (χ0v) is 20.7. The zero-order chi connectivity index (χ0) is 25.8. The number of nitrogens with zero attached hydrogens (tertiary/aromatic N) is 6. The summed E-state index contributed by atoms with van der Waals surface area (Å²) in [6.45, 7) is 4.67. The summed E-state index contributed by atoms with van der Waals surface area (Å²) >= 11 is 0. The molecule has 4 aromatic rings. The van der Waals surface area contributed by atoms with Crippen LogP contribution in [0, 0.1) is 0 Å². The minimum atomic E-state index is -4.56. The van der Waals surface area contributed by atoms with Gasteiger partial charge in [0.1, 0.15) is 23.5 Å². The van der Waals surface area contributed by atoms with Gasteiger partial charge < -0.3 is 9.30 Å². The third kappa shape index (κ3) is 4.19. The Morgan fingerprint density at radius 3 is 2.59 bits per heavy atom. The van der Waals surface area contributed by atoms with Crippen LogP contribution in [0.25, 0.3) is 22.2 Å². The van der Waals surface area contributed by atoms with Gasteiger partial charge in [-0.1, -0.05) is 18.2 Å². The smallest absolute Gasteiger partial charge is 0.379 e. The van der Waals surface area contributed by atoms with Crippen LogP contribution in [0.15, 0.2) is 36.7 Å². The minimum Gasteiger partial charge on any atom is -0.379 e. The van der Waals surface area contributed by atoms with Crippen molar-refractivity contribution in [2.45, 2.75) is 43.8 Å². The molecule has 2 fully saturated rings. The number of hydrogen-bond acceptors (Lipinski definition) is 6. The Bertz CT molecular complexity index is 1430. The quantitative estimate of drug-likeness (QED) is 0.412. The Morgan fingerprint density at radius 2 is 1.95 bits per heavy atom. The Morgan fingerprint density at radius 1 is 1.16 bits per heavy atom. The highest BCUT2D eigenvalue weighted by molar-refractivity contribution is 5.94. The van der Waals surface area contributed by atoms with Crippen LogP contribution in [0.1, 0.15) is 48.6 Å². The molecule has 11 heteroatoms. The average Bonchev–Trinajstić information content (AvgIpc) is 3.61. The largest absolute Gasteiger partial charge is 0.433 e. The van der Waals surface area contributed by atoms with Crippen molar-refractivity contribution in [3.8, 4) is 11.3 Å². The van der Waals surface area contributed by atoms with Gasteiger partial charge in [0.05, 0.1) is 30.5 Å². The van der Waals surface area contributed by atoms with E-state index in [1.807, 2.05) is 42.8 Å². The predicted molar refractivity (Wildman–Crippen MR) is 131 cm³/mol. The first-order chi connectivity index (χ1) is 17.7. The number of nitrogens with one attached hydrogen (secondary N) is 1. The van der Waals surface area contributed by atoms with E-state index in [9.17, 15) is 13.2 Å². The molecule has 0 unspecified atom stereocenters. The van der Waals surface area contributed by atoms with E-state index >= 15 is 0 Å². The van der Waals surface area contributed by atoms with Gasteiger partial charge in [0.15, 0.2) is 0 Å². The fraction of sp³-hybridized carbons (Fsp3) is 0.462. The summed E-state index contributed by atoms with van der Waals surface area (Å²) in [5, 5.41) is 16.2. The van der Waals surface area contributed by atoms with E-state index in [0.29, 0.717) is 41.9 Å². The number of aryl methyl sites for hydroxylation is 1. The second kappa shape index (κ2) is 8.91. The van der Waals surface area contributed by atoms with Crippen molar-refractivity contribution in [1.82, 2.24) is 34.8 Å². The van der Waals surface area contributed by atoms with Crippen LogP contribution >= 0.6 is 0 Å². The van der Waals surface area contributed by atoms with Crippen LogP contribution in [0.2, 0.25) is 0 Å². The van der Waals surface area contributed by atoms with Gasteiger partial charge >= 0.3 is 6.18 Å². The molecule has 3 aromatic heterocycles. The highest BCUT2D eigenvalue weighted by atomic mass is 19.4. The lowest BCUT2D eigenvalue weighted by Crippen LogP contribution is -2.49. The fourth-order valence-electron chi connectivity index (χ4n) is 5.50. The summed E-state index contributed by atoms with van der Waals surface area (Å²) in [5.41, 5.74) is 2.01. The minimum absolute atomic E-state index is 0.256. The molecule has 0 bridgehead atoms. The second-order valence-electron chi connectivity index (χ2n) is 10.2. The van der Waals surface area contributed by atoms with Gasteiger partial charge in [-0.2, -0.15) is 18.3 Å². The standard InChI is InChI=1S/C26H28F3N7O/c1-16(36-8-3-4-9-36)22-24-19(11-20(31-22)26(27,28)29)23(33-34-24)17-6-5-7-18(10-17)25(13-37-14-25)12-21-32-30-15-35(21)2/h5-7,10-11,15-16H,3-4,8-9,12-14H2,1-2H3,(H,33,34)/t16-/m0/s1. The number of halogens is 3. The molecule has 2 saturated heterocycles. The first-order valence-corrected chi connectivity index (χ1v) is 12.5.